The van der Waals surface area contributed by atoms with Crippen LogP contribution < -0.4 is 45.9 Å². The van der Waals surface area contributed by atoms with Gasteiger partial charge in [0, 0.05) is 0 Å². The molecule has 13 nitrogen and oxygen atoms in total. The van der Waals surface area contributed by atoms with Gasteiger partial charge in [-0.05, 0) is 6.92 Å². The van der Waals surface area contributed by atoms with Crippen molar-refractivity contribution >= 4 is 43.7 Å². The van der Waals surface area contributed by atoms with E-state index in [1.54, 1.807) is 54.5 Å². The molecule has 1 fully saturated rings. The number of carbonyl (C=O) groups excluding carboxylic acids is 3. The Bertz CT molecular complexity index is 2640. The number of aromatic amines is 1. The van der Waals surface area contributed by atoms with Crippen molar-refractivity contribution in [2.75, 3.05) is 11.9 Å². The van der Waals surface area contributed by atoms with Crippen LogP contribution in [0.5, 0.6) is 11.5 Å². The molecule has 60 heavy (non-hydrogen) atoms. The van der Waals surface area contributed by atoms with Gasteiger partial charge >= 0.3 is 321 Å². The van der Waals surface area contributed by atoms with E-state index in [0.717, 1.165) is 27.8 Å². The number of nitrogens with one attached hydrogen (secondary N) is 4. The monoisotopic (exact) mass is 950 g/mol. The third-order valence-electron chi connectivity index (χ3n) is 10.2. The number of nitrogens with zero attached hydrogens (tertiary/aromatic N) is 3. The first-order chi connectivity index (χ1) is 28.6. The summed E-state index contributed by atoms with van der Waals surface area (Å²) in [5.74, 6) is -2.52. The molecule has 3 aromatic carbocycles. The van der Waals surface area contributed by atoms with Crippen LogP contribution in [0.3, 0.4) is 0 Å². The third-order valence-corrected chi connectivity index (χ3v) is 12.8. The van der Waals surface area contributed by atoms with Crippen LogP contribution in [0, 0.1) is 24.0 Å². The molecule has 1 aliphatic rings. The van der Waals surface area contributed by atoms with Crippen molar-refractivity contribution in [3.05, 3.63) is 118 Å². The predicted molar refractivity (Wildman–Crippen MR) is 221 cm³/mol. The Morgan fingerprint density at radius 2 is 1.80 bits per heavy atom. The Hall–Kier alpha value is -5.50. The summed E-state index contributed by atoms with van der Waals surface area (Å²) in [5, 5.41) is 17.0. The molecule has 17 heteroatoms. The fraction of sp³-hybridized carbons (Fsp3) is 0.279. The molecule has 6 aromatic rings. The van der Waals surface area contributed by atoms with Crippen LogP contribution in [0.2, 0.25) is 0 Å². The summed E-state index contributed by atoms with van der Waals surface area (Å²) < 4.78 is 38.6. The van der Waals surface area contributed by atoms with E-state index < -0.39 is 62.6 Å². The van der Waals surface area contributed by atoms with E-state index in [0.29, 0.717) is 33.8 Å². The van der Waals surface area contributed by atoms with E-state index in [9.17, 15) is 33.1 Å². The van der Waals surface area contributed by atoms with Crippen molar-refractivity contribution in [3.63, 3.8) is 0 Å². The molecule has 1 aliphatic heterocycles. The fourth-order valence-electron chi connectivity index (χ4n) is 7.02. The number of H-pyrrole nitrogens is 1. The molecule has 1 saturated heterocycles. The predicted octanol–water partition coefficient (Wildman–Crippen LogP) is 3.85. The van der Waals surface area contributed by atoms with Crippen LogP contribution >= 0.6 is 11.3 Å². The summed E-state index contributed by atoms with van der Waals surface area (Å²) >= 11 is 0.00822. The van der Waals surface area contributed by atoms with Crippen molar-refractivity contribution in [2.45, 2.75) is 58.8 Å². The van der Waals surface area contributed by atoms with Gasteiger partial charge < -0.3 is 0 Å². The van der Waals surface area contributed by atoms with Gasteiger partial charge in [-0.15, -0.1) is 11.3 Å². The summed E-state index contributed by atoms with van der Waals surface area (Å²) in [4.78, 5) is 63.9. The normalized spacial score (nSPS) is 16.0. The second-order valence-corrected chi connectivity index (χ2v) is 18.6. The molecule has 3 atom stereocenters. The van der Waals surface area contributed by atoms with E-state index in [1.165, 1.54) is 21.6 Å². The average Bonchev–Trinajstić information content (AvgIpc) is 3.97. The van der Waals surface area contributed by atoms with E-state index in [-0.39, 0.29) is 46.4 Å². The molecule has 4 heterocycles. The zero-order valence-electron chi connectivity index (χ0n) is 33.3. The van der Waals surface area contributed by atoms with Gasteiger partial charge in [-0.25, -0.2) is 4.98 Å². The molecule has 0 spiro atoms. The minimum absolute atomic E-state index is 0.0306. The maximum absolute atomic E-state index is 14.7. The van der Waals surface area contributed by atoms with Gasteiger partial charge in [0.1, 0.15) is 0 Å². The van der Waals surface area contributed by atoms with Gasteiger partial charge in [0.05, 0.1) is 16.1 Å². The van der Waals surface area contributed by atoms with Gasteiger partial charge in [-0.3, -0.25) is 0 Å². The Morgan fingerprint density at radius 1 is 1.05 bits per heavy atom. The first-order valence-electron chi connectivity index (χ1n) is 19.0. The molecule has 0 unspecified atom stereocenters. The zero-order valence-corrected chi connectivity index (χ0v) is 36.3. The number of ether oxygens (including phenoxy) is 1. The van der Waals surface area contributed by atoms with Gasteiger partial charge in [0.2, 0.25) is 0 Å². The number of halogens is 3. The number of hydrogen-bond acceptors (Lipinski definition) is 9. The van der Waals surface area contributed by atoms with Gasteiger partial charge in [0.15, 0.2) is 0 Å². The number of thiazole rings is 1. The first kappa shape index (κ1) is 42.6. The van der Waals surface area contributed by atoms with Crippen LogP contribution in [-0.4, -0.2) is 65.0 Å². The minimum atomic E-state index is -1.55. The molecule has 0 radical (unpaired) electrons. The molecular formula is C43H43F2IN7O6S-. The van der Waals surface area contributed by atoms with Crippen molar-refractivity contribution in [2.24, 2.45) is 12.5 Å². The number of β-amino-alcohol motifs (C(OH)–C–C–N with tert-alkyl or cyclic N) is 1. The molecule has 3 aromatic heterocycles. The number of aliphatic hydroxyl groups is 1. The second kappa shape index (κ2) is 17.6. The topological polar surface area (TPSA) is 171 Å². The number of pyridine rings is 1. The number of carbonyl (C=O) groups is 3. The van der Waals surface area contributed by atoms with Crippen molar-refractivity contribution < 1.29 is 54.5 Å². The van der Waals surface area contributed by atoms with Crippen LogP contribution in [0.4, 0.5) is 19.3 Å². The standard InChI is InChI=1S/C43H43F2IN7O6S/c1-23-37(60-22-49-23)25-8-6-24(7-9-25)19-48-39(55)33-18-28(54)20-53(33)41(57)38(43(2,3)4)51-46-42(58)50-27-11-13-34(59-35-12-10-26(44)16-32(35)45)30(17-27)31-21-52(5)40(56)36-29(31)14-15-47-36/h6-17,21-22,28,33,38,47,51,54H,18-20H2,1-5H3,(H,48,55)(H,50,58)/q-1/t28-,33+,38-/m1/s1. The molecule has 0 bridgehead atoms. The van der Waals surface area contributed by atoms with Crippen molar-refractivity contribution in [1.82, 2.24) is 28.3 Å². The molecule has 314 valence electrons. The molecule has 0 saturated carbocycles. The second-order valence-electron chi connectivity index (χ2n) is 15.6. The van der Waals surface area contributed by atoms with Crippen LogP contribution in [0.1, 0.15) is 38.4 Å². The summed E-state index contributed by atoms with van der Waals surface area (Å²) in [6, 6.07) is 15.4. The van der Waals surface area contributed by atoms with Crippen LogP contribution in [0.25, 0.3) is 32.5 Å². The number of hydrogen-bond donors (Lipinski definition) is 5. The number of aliphatic hydroxyl groups excluding tert-OH is 1. The SMILES string of the molecule is Cc1ncsc1-c1ccc(CNC(=O)[C@@H]2C[C@@H](O)CN2C(=O)[C@@H](N[I-]C(=O)Nc2ccc(Oc3ccc(F)cc3F)c(-c3cn(C)c(=O)c4[nH]ccc34)c2)C(C)(C)C)cc1. The Balaban J connectivity index is 1.05. The maximum atomic E-state index is 14.7. The Morgan fingerprint density at radius 3 is 2.50 bits per heavy atom. The van der Waals surface area contributed by atoms with Crippen LogP contribution in [0.15, 0.2) is 89.4 Å². The molecule has 0 aliphatic carbocycles. The van der Waals surface area contributed by atoms with E-state index in [4.69, 9.17) is 4.74 Å². The number of aromatic nitrogens is 3. The van der Waals surface area contributed by atoms with Gasteiger partial charge in [0.25, 0.3) is 0 Å². The number of amides is 3. The summed E-state index contributed by atoms with van der Waals surface area (Å²) in [5.41, 5.74) is 5.33. The first-order valence-corrected chi connectivity index (χ1v) is 22.0. The molecule has 5 N–H and O–H groups in total. The van der Waals surface area contributed by atoms with E-state index in [2.05, 4.69) is 24.1 Å². The zero-order chi connectivity index (χ0) is 42.9. The Labute approximate surface area is 358 Å². The summed E-state index contributed by atoms with van der Waals surface area (Å²) in [6.07, 6.45) is 2.40. The quantitative estimate of drug-likeness (QED) is 0.0534. The number of likely N-dealkylation sites (tertiary alicyclic amines) is 1. The average molecular weight is 951 g/mol. The molecular weight excluding hydrogens is 907 g/mol. The number of rotatable bonds is 12. The molecule has 7 rings (SSSR count). The summed E-state index contributed by atoms with van der Waals surface area (Å²) in [7, 11) is 1.59. The Kier molecular flexibility index (Phi) is 12.5. The van der Waals surface area contributed by atoms with Crippen LogP contribution in [-0.2, 0) is 23.2 Å². The number of anilines is 1. The fourth-order valence-corrected chi connectivity index (χ4v) is 10.1. The van der Waals surface area contributed by atoms with Gasteiger partial charge in [-0.2, -0.15) is 0 Å². The van der Waals surface area contributed by atoms with E-state index in [1.807, 2.05) is 52.0 Å². The molecule has 3 amide bonds. The van der Waals surface area contributed by atoms with Crippen molar-refractivity contribution in [3.8, 4) is 33.1 Å². The number of fused-ring (bicyclic) bond motifs is 1. The number of benzene rings is 3. The number of aryl methyl sites for hydroxylation is 2. The van der Waals surface area contributed by atoms with E-state index >= 15 is 0 Å². The summed E-state index contributed by atoms with van der Waals surface area (Å²) in [6.45, 7) is 7.72. The van der Waals surface area contributed by atoms with Crippen molar-refractivity contribution in [1.29, 1.82) is 0 Å². The third kappa shape index (κ3) is 9.28. The van der Waals surface area contributed by atoms with Gasteiger partial charge in [-0.1, -0.05) is 0 Å².